The fourth-order valence-electron chi connectivity index (χ4n) is 2.08. The highest BCUT2D eigenvalue weighted by Gasteiger charge is 2.15. The quantitative estimate of drug-likeness (QED) is 0.774. The first-order chi connectivity index (χ1) is 7.54. The Morgan fingerprint density at radius 2 is 2.25 bits per heavy atom. The molecular formula is C13H21NOS. The largest absolute Gasteiger partial charge is 0.390 e. The first kappa shape index (κ1) is 12.1. The van der Waals surface area contributed by atoms with Crippen molar-refractivity contribution >= 4 is 11.3 Å². The molecule has 0 unspecified atom stereocenters. The lowest BCUT2D eigenvalue weighted by Gasteiger charge is -2.16. The number of nitrogens with one attached hydrogen (secondary N) is 1. The fourth-order valence-corrected chi connectivity index (χ4v) is 3.31. The molecule has 1 aromatic heterocycles. The molecule has 3 heteroatoms. The van der Waals surface area contributed by atoms with Crippen LogP contribution in [0.2, 0.25) is 0 Å². The van der Waals surface area contributed by atoms with Crippen molar-refractivity contribution in [2.45, 2.75) is 51.7 Å². The van der Waals surface area contributed by atoms with Crippen molar-refractivity contribution in [2.75, 3.05) is 6.54 Å². The Morgan fingerprint density at radius 3 is 2.94 bits per heavy atom. The molecule has 1 aliphatic rings. The Labute approximate surface area is 102 Å². The molecule has 90 valence electrons. The minimum absolute atomic E-state index is 0.551. The molecule has 0 spiro atoms. The monoisotopic (exact) mass is 239 g/mol. The van der Waals surface area contributed by atoms with Gasteiger partial charge in [-0.2, -0.15) is 0 Å². The summed E-state index contributed by atoms with van der Waals surface area (Å²) in [6, 6.07) is 2.35. The standard InChI is InChI=1S/C13H21NOS/c1-13(2,15)6-7-14-9-11-8-10-4-3-5-12(10)16-11/h8,14-15H,3-7,9H2,1-2H3. The van der Waals surface area contributed by atoms with Crippen LogP contribution in [0.15, 0.2) is 6.07 Å². The number of hydrogen-bond acceptors (Lipinski definition) is 3. The van der Waals surface area contributed by atoms with Gasteiger partial charge in [0, 0.05) is 16.3 Å². The molecule has 0 atom stereocenters. The van der Waals surface area contributed by atoms with Crippen LogP contribution < -0.4 is 5.32 Å². The number of thiophene rings is 1. The van der Waals surface area contributed by atoms with E-state index >= 15 is 0 Å². The van der Waals surface area contributed by atoms with Crippen LogP contribution in [0.4, 0.5) is 0 Å². The molecule has 2 N–H and O–H groups in total. The predicted molar refractivity (Wildman–Crippen MR) is 69.0 cm³/mol. The molecule has 0 aliphatic heterocycles. The van der Waals surface area contributed by atoms with Gasteiger partial charge in [-0.25, -0.2) is 0 Å². The van der Waals surface area contributed by atoms with E-state index in [-0.39, 0.29) is 0 Å². The summed E-state index contributed by atoms with van der Waals surface area (Å²) in [7, 11) is 0. The van der Waals surface area contributed by atoms with Crippen LogP contribution in [0.3, 0.4) is 0 Å². The average molecular weight is 239 g/mol. The molecule has 0 radical (unpaired) electrons. The van der Waals surface area contributed by atoms with E-state index in [0.717, 1.165) is 19.5 Å². The summed E-state index contributed by atoms with van der Waals surface area (Å²) in [5.41, 5.74) is 1.02. The smallest absolute Gasteiger partial charge is 0.0603 e. The van der Waals surface area contributed by atoms with E-state index < -0.39 is 5.60 Å². The maximum Gasteiger partial charge on any atom is 0.0603 e. The van der Waals surface area contributed by atoms with Gasteiger partial charge in [-0.3, -0.25) is 0 Å². The molecule has 0 fully saturated rings. The third-order valence-corrected chi connectivity index (χ3v) is 4.25. The van der Waals surface area contributed by atoms with Gasteiger partial charge in [0.1, 0.15) is 0 Å². The molecular weight excluding hydrogens is 218 g/mol. The normalized spacial score (nSPS) is 15.4. The molecule has 0 saturated heterocycles. The Balaban J connectivity index is 1.73. The Hall–Kier alpha value is -0.380. The lowest BCUT2D eigenvalue weighted by molar-refractivity contribution is 0.0711. The van der Waals surface area contributed by atoms with Crippen LogP contribution in [0, 0.1) is 0 Å². The SMILES string of the molecule is CC(C)(O)CCNCc1cc2c(s1)CCC2. The van der Waals surface area contributed by atoms with Gasteiger partial charge in [0.25, 0.3) is 0 Å². The van der Waals surface area contributed by atoms with Crippen molar-refractivity contribution in [1.29, 1.82) is 0 Å². The lowest BCUT2D eigenvalue weighted by Crippen LogP contribution is -2.26. The van der Waals surface area contributed by atoms with Crippen LogP contribution in [0.5, 0.6) is 0 Å². The number of fused-ring (bicyclic) bond motifs is 1. The predicted octanol–water partition coefficient (Wildman–Crippen LogP) is 2.49. The Morgan fingerprint density at radius 1 is 1.44 bits per heavy atom. The van der Waals surface area contributed by atoms with E-state index in [4.69, 9.17) is 0 Å². The molecule has 1 heterocycles. The van der Waals surface area contributed by atoms with Crippen molar-refractivity contribution in [3.63, 3.8) is 0 Å². The zero-order chi connectivity index (χ0) is 11.6. The molecule has 2 rings (SSSR count). The highest BCUT2D eigenvalue weighted by atomic mass is 32.1. The summed E-state index contributed by atoms with van der Waals surface area (Å²) in [4.78, 5) is 3.04. The van der Waals surface area contributed by atoms with Gasteiger partial charge in [0.2, 0.25) is 0 Å². The van der Waals surface area contributed by atoms with Crippen LogP contribution in [0.1, 0.15) is 42.0 Å². The van der Waals surface area contributed by atoms with Gasteiger partial charge >= 0.3 is 0 Å². The molecule has 2 nitrogen and oxygen atoms in total. The van der Waals surface area contributed by atoms with Crippen LogP contribution in [0.25, 0.3) is 0 Å². The van der Waals surface area contributed by atoms with Gasteiger partial charge in [-0.1, -0.05) is 0 Å². The second kappa shape index (κ2) is 4.86. The Kier molecular flexibility index (Phi) is 3.67. The third-order valence-electron chi connectivity index (χ3n) is 3.01. The zero-order valence-electron chi connectivity index (χ0n) is 10.2. The maximum absolute atomic E-state index is 9.57. The van der Waals surface area contributed by atoms with E-state index in [1.54, 1.807) is 10.4 Å². The van der Waals surface area contributed by atoms with Gasteiger partial charge in [0.05, 0.1) is 5.60 Å². The van der Waals surface area contributed by atoms with Crippen LogP contribution >= 0.6 is 11.3 Å². The number of aryl methyl sites for hydroxylation is 2. The fraction of sp³-hybridized carbons (Fsp3) is 0.692. The van der Waals surface area contributed by atoms with Gasteiger partial charge in [-0.15, -0.1) is 11.3 Å². The average Bonchev–Trinajstić information content (AvgIpc) is 2.70. The summed E-state index contributed by atoms with van der Waals surface area (Å²) in [5.74, 6) is 0. The van der Waals surface area contributed by atoms with Crippen molar-refractivity contribution in [1.82, 2.24) is 5.32 Å². The minimum atomic E-state index is -0.551. The summed E-state index contributed by atoms with van der Waals surface area (Å²) < 4.78 is 0. The summed E-state index contributed by atoms with van der Waals surface area (Å²) in [5, 5.41) is 13.0. The number of aliphatic hydroxyl groups is 1. The molecule has 0 bridgehead atoms. The van der Waals surface area contributed by atoms with Gasteiger partial charge in [0.15, 0.2) is 0 Å². The molecule has 16 heavy (non-hydrogen) atoms. The van der Waals surface area contributed by atoms with E-state index in [1.807, 2.05) is 25.2 Å². The van der Waals surface area contributed by atoms with E-state index in [2.05, 4.69) is 11.4 Å². The summed E-state index contributed by atoms with van der Waals surface area (Å²) >= 11 is 1.95. The Bertz CT molecular complexity index is 330. The van der Waals surface area contributed by atoms with E-state index in [9.17, 15) is 5.11 Å². The zero-order valence-corrected chi connectivity index (χ0v) is 11.0. The third kappa shape index (κ3) is 3.30. The van der Waals surface area contributed by atoms with Gasteiger partial charge in [-0.05, 0) is 57.7 Å². The molecule has 1 aliphatic carbocycles. The minimum Gasteiger partial charge on any atom is -0.390 e. The van der Waals surface area contributed by atoms with E-state index in [0.29, 0.717) is 0 Å². The number of hydrogen-bond donors (Lipinski definition) is 2. The topological polar surface area (TPSA) is 32.3 Å². The van der Waals surface area contributed by atoms with Crippen LogP contribution in [-0.4, -0.2) is 17.3 Å². The second-order valence-electron chi connectivity index (χ2n) is 5.25. The lowest BCUT2D eigenvalue weighted by atomic mass is 10.1. The first-order valence-electron chi connectivity index (χ1n) is 6.08. The van der Waals surface area contributed by atoms with Crippen molar-refractivity contribution in [3.8, 4) is 0 Å². The molecule has 0 amide bonds. The highest BCUT2D eigenvalue weighted by molar-refractivity contribution is 7.12. The van der Waals surface area contributed by atoms with Crippen molar-refractivity contribution in [2.24, 2.45) is 0 Å². The molecule has 1 aromatic rings. The summed E-state index contributed by atoms with van der Waals surface area (Å²) in [6.07, 6.45) is 4.70. The molecule has 0 saturated carbocycles. The maximum atomic E-state index is 9.57. The molecule has 0 aromatic carbocycles. The van der Waals surface area contributed by atoms with Gasteiger partial charge < -0.3 is 10.4 Å². The number of rotatable bonds is 5. The van der Waals surface area contributed by atoms with Crippen LogP contribution in [-0.2, 0) is 19.4 Å². The summed E-state index contributed by atoms with van der Waals surface area (Å²) in [6.45, 7) is 5.54. The van der Waals surface area contributed by atoms with Crippen molar-refractivity contribution < 1.29 is 5.11 Å². The van der Waals surface area contributed by atoms with Crippen molar-refractivity contribution in [3.05, 3.63) is 21.4 Å². The highest BCUT2D eigenvalue weighted by Crippen LogP contribution is 2.30. The second-order valence-corrected chi connectivity index (χ2v) is 6.48. The van der Waals surface area contributed by atoms with E-state index in [1.165, 1.54) is 24.1 Å². The first-order valence-corrected chi connectivity index (χ1v) is 6.90.